The minimum atomic E-state index is -0.596. The smallest absolute Gasteiger partial charge is 0.262 e. The third-order valence-corrected chi connectivity index (χ3v) is 3.45. The third-order valence-electron chi connectivity index (χ3n) is 2.43. The van der Waals surface area contributed by atoms with Gasteiger partial charge in [-0.1, -0.05) is 0 Å². The normalized spacial score (nSPS) is 10.7. The van der Waals surface area contributed by atoms with Crippen LogP contribution in [0.5, 0.6) is 0 Å². The summed E-state index contributed by atoms with van der Waals surface area (Å²) in [5, 5.41) is 20.6. The first-order valence-corrected chi connectivity index (χ1v) is 6.79. The number of carbonyl (C=O) groups is 1. The number of amides is 1. The second-order valence-electron chi connectivity index (χ2n) is 3.65. The molecule has 2 rings (SSSR count). The Labute approximate surface area is 124 Å². The van der Waals surface area contributed by atoms with Gasteiger partial charge in [0.05, 0.1) is 23.3 Å². The lowest BCUT2D eigenvalue weighted by molar-refractivity contribution is -0.127. The van der Waals surface area contributed by atoms with Crippen LogP contribution in [0, 0.1) is 0 Å². The number of halogens is 2. The maximum atomic E-state index is 11.0. The molecule has 0 spiro atoms. The SMILES string of the molecule is O=C(CNc1nc2c(Br)cc(Br)cn2c1CO)NO. The Bertz CT molecular complexity index is 629. The Morgan fingerprint density at radius 2 is 2.21 bits per heavy atom. The summed E-state index contributed by atoms with van der Waals surface area (Å²) in [5.41, 5.74) is 2.64. The van der Waals surface area contributed by atoms with Crippen molar-refractivity contribution in [2.24, 2.45) is 0 Å². The van der Waals surface area contributed by atoms with Crippen LogP contribution in [0.15, 0.2) is 21.2 Å². The summed E-state index contributed by atoms with van der Waals surface area (Å²) in [6.45, 7) is -0.390. The zero-order valence-corrected chi connectivity index (χ0v) is 12.7. The molecule has 2 heterocycles. The largest absolute Gasteiger partial charge is 0.390 e. The van der Waals surface area contributed by atoms with Crippen LogP contribution < -0.4 is 10.8 Å². The molecule has 2 aromatic rings. The summed E-state index contributed by atoms with van der Waals surface area (Å²) in [5.74, 6) is -0.217. The highest BCUT2D eigenvalue weighted by atomic mass is 79.9. The first kappa shape index (κ1) is 14.3. The maximum absolute atomic E-state index is 11.0. The number of nitrogens with zero attached hydrogens (tertiary/aromatic N) is 2. The van der Waals surface area contributed by atoms with Crippen LogP contribution in [-0.2, 0) is 11.4 Å². The Morgan fingerprint density at radius 3 is 2.84 bits per heavy atom. The van der Waals surface area contributed by atoms with E-state index in [4.69, 9.17) is 5.21 Å². The van der Waals surface area contributed by atoms with Crippen molar-refractivity contribution >= 4 is 49.2 Å². The number of pyridine rings is 1. The summed E-state index contributed by atoms with van der Waals surface area (Å²) in [6, 6.07) is 1.83. The molecule has 0 atom stereocenters. The number of hydrogen-bond donors (Lipinski definition) is 4. The third kappa shape index (κ3) is 2.89. The van der Waals surface area contributed by atoms with E-state index < -0.39 is 5.91 Å². The van der Waals surface area contributed by atoms with Crippen molar-refractivity contribution in [1.29, 1.82) is 0 Å². The van der Waals surface area contributed by atoms with E-state index in [0.717, 1.165) is 8.95 Å². The molecule has 0 aliphatic carbocycles. The number of aromatic nitrogens is 2. The van der Waals surface area contributed by atoms with Crippen LogP contribution in [0.2, 0.25) is 0 Å². The molecule has 0 aliphatic rings. The van der Waals surface area contributed by atoms with Crippen LogP contribution >= 0.6 is 31.9 Å². The Morgan fingerprint density at radius 1 is 1.47 bits per heavy atom. The lowest BCUT2D eigenvalue weighted by Gasteiger charge is -2.04. The molecular formula is C10H10Br2N4O3. The molecule has 0 unspecified atom stereocenters. The molecule has 0 saturated carbocycles. The first-order chi connectivity index (χ1) is 9.06. The van der Waals surface area contributed by atoms with Gasteiger partial charge in [-0.25, -0.2) is 10.5 Å². The highest BCUT2D eigenvalue weighted by Crippen LogP contribution is 2.27. The van der Waals surface area contributed by atoms with Crippen molar-refractivity contribution in [2.75, 3.05) is 11.9 Å². The summed E-state index contributed by atoms with van der Waals surface area (Å²) in [4.78, 5) is 15.3. The molecule has 0 fully saturated rings. The molecule has 4 N–H and O–H groups in total. The predicted molar refractivity (Wildman–Crippen MR) is 74.9 cm³/mol. The second kappa shape index (κ2) is 5.87. The minimum absolute atomic E-state index is 0.147. The topological polar surface area (TPSA) is 98.9 Å². The fourth-order valence-corrected chi connectivity index (χ4v) is 2.88. The quantitative estimate of drug-likeness (QED) is 0.463. The Kier molecular flexibility index (Phi) is 4.40. The zero-order chi connectivity index (χ0) is 14.0. The van der Waals surface area contributed by atoms with Crippen molar-refractivity contribution < 1.29 is 15.1 Å². The number of imidazole rings is 1. The van der Waals surface area contributed by atoms with Gasteiger partial charge in [0, 0.05) is 10.7 Å². The number of anilines is 1. The van der Waals surface area contributed by atoms with Gasteiger partial charge >= 0.3 is 0 Å². The van der Waals surface area contributed by atoms with Crippen LogP contribution in [0.25, 0.3) is 5.65 Å². The molecule has 2 aromatic heterocycles. The van der Waals surface area contributed by atoms with Gasteiger partial charge in [-0.05, 0) is 37.9 Å². The van der Waals surface area contributed by atoms with Gasteiger partial charge in [-0.3, -0.25) is 14.4 Å². The van der Waals surface area contributed by atoms with E-state index in [9.17, 15) is 9.90 Å². The molecule has 7 nitrogen and oxygen atoms in total. The number of fused-ring (bicyclic) bond motifs is 1. The zero-order valence-electron chi connectivity index (χ0n) is 9.52. The van der Waals surface area contributed by atoms with E-state index in [1.54, 1.807) is 10.6 Å². The van der Waals surface area contributed by atoms with E-state index in [0.29, 0.717) is 17.2 Å². The average Bonchev–Trinajstić information content (AvgIpc) is 2.73. The predicted octanol–water partition coefficient (Wildman–Crippen LogP) is 1.27. The number of carbonyl (C=O) groups excluding carboxylic acids is 1. The van der Waals surface area contributed by atoms with Crippen LogP contribution in [0.3, 0.4) is 0 Å². The van der Waals surface area contributed by atoms with Crippen molar-refractivity contribution in [3.8, 4) is 0 Å². The lowest BCUT2D eigenvalue weighted by atomic mass is 10.4. The van der Waals surface area contributed by atoms with Crippen LogP contribution in [0.4, 0.5) is 5.82 Å². The van der Waals surface area contributed by atoms with Crippen molar-refractivity contribution in [1.82, 2.24) is 14.9 Å². The summed E-state index contributed by atoms with van der Waals surface area (Å²) < 4.78 is 3.27. The highest BCUT2D eigenvalue weighted by Gasteiger charge is 2.14. The van der Waals surface area contributed by atoms with E-state index >= 15 is 0 Å². The van der Waals surface area contributed by atoms with E-state index in [1.165, 1.54) is 5.48 Å². The van der Waals surface area contributed by atoms with Gasteiger partial charge in [0.1, 0.15) is 0 Å². The van der Waals surface area contributed by atoms with Gasteiger partial charge < -0.3 is 10.4 Å². The van der Waals surface area contributed by atoms with Gasteiger partial charge in [0.25, 0.3) is 5.91 Å². The summed E-state index contributed by atoms with van der Waals surface area (Å²) in [6.07, 6.45) is 1.76. The molecule has 0 bridgehead atoms. The fourth-order valence-electron chi connectivity index (χ4n) is 1.62. The maximum Gasteiger partial charge on any atom is 0.262 e. The van der Waals surface area contributed by atoms with Gasteiger partial charge in [-0.2, -0.15) is 0 Å². The van der Waals surface area contributed by atoms with Crippen LogP contribution in [-0.4, -0.2) is 32.2 Å². The number of aliphatic hydroxyl groups excluding tert-OH is 1. The van der Waals surface area contributed by atoms with Crippen molar-refractivity contribution in [2.45, 2.75) is 6.61 Å². The molecular weight excluding hydrogens is 384 g/mol. The van der Waals surface area contributed by atoms with E-state index in [2.05, 4.69) is 42.2 Å². The lowest BCUT2D eigenvalue weighted by Crippen LogP contribution is -2.27. The first-order valence-electron chi connectivity index (χ1n) is 5.20. The van der Waals surface area contributed by atoms with Gasteiger partial charge in [-0.15, -0.1) is 0 Å². The summed E-state index contributed by atoms with van der Waals surface area (Å²) >= 11 is 6.73. The highest BCUT2D eigenvalue weighted by molar-refractivity contribution is 9.11. The number of rotatable bonds is 4. The molecule has 0 saturated heterocycles. The van der Waals surface area contributed by atoms with Crippen LogP contribution in [0.1, 0.15) is 5.69 Å². The molecule has 9 heteroatoms. The number of hydrogen-bond acceptors (Lipinski definition) is 5. The number of nitrogens with one attached hydrogen (secondary N) is 2. The molecule has 0 aromatic carbocycles. The number of aliphatic hydroxyl groups is 1. The summed E-state index contributed by atoms with van der Waals surface area (Å²) in [7, 11) is 0. The van der Waals surface area contributed by atoms with E-state index in [1.807, 2.05) is 6.07 Å². The Balaban J connectivity index is 2.44. The van der Waals surface area contributed by atoms with Crippen molar-refractivity contribution in [3.05, 3.63) is 26.9 Å². The molecule has 102 valence electrons. The molecule has 1 amide bonds. The van der Waals surface area contributed by atoms with Gasteiger partial charge in [0.15, 0.2) is 11.5 Å². The Hall–Kier alpha value is -1.16. The minimum Gasteiger partial charge on any atom is -0.390 e. The molecule has 19 heavy (non-hydrogen) atoms. The second-order valence-corrected chi connectivity index (χ2v) is 5.42. The molecule has 0 radical (unpaired) electrons. The fraction of sp³-hybridized carbons (Fsp3) is 0.200. The average molecular weight is 394 g/mol. The molecule has 0 aliphatic heterocycles. The van der Waals surface area contributed by atoms with Crippen molar-refractivity contribution in [3.63, 3.8) is 0 Å². The number of hydroxylamine groups is 1. The monoisotopic (exact) mass is 392 g/mol. The van der Waals surface area contributed by atoms with Gasteiger partial charge in [0.2, 0.25) is 0 Å². The van der Waals surface area contributed by atoms with E-state index in [-0.39, 0.29) is 13.2 Å². The standard InChI is InChI=1S/C10H10Br2N4O3/c11-5-1-6(12)10-14-9(13-2-8(18)15-19)7(4-17)16(10)3-5/h1,3,13,17,19H,2,4H2,(H,15,18).